The molecule has 1 heterocycles. The summed E-state index contributed by atoms with van der Waals surface area (Å²) in [5.74, 6) is 0. The first-order valence-electron chi connectivity index (χ1n) is 3.70. The number of rotatable bonds is 0. The van der Waals surface area contributed by atoms with E-state index in [1.54, 1.807) is 0 Å². The van der Waals surface area contributed by atoms with Crippen molar-refractivity contribution >= 4 is 17.1 Å². The van der Waals surface area contributed by atoms with Crippen molar-refractivity contribution in [3.8, 4) is 0 Å². The predicted molar refractivity (Wildman–Crippen MR) is 49.8 cm³/mol. The molecule has 2 heteroatoms. The smallest absolute Gasteiger partial charge is 0.0366 e. The molecule has 1 nitrogen and oxygen atoms in total. The van der Waals surface area contributed by atoms with E-state index >= 15 is 0 Å². The fourth-order valence-electron chi connectivity index (χ4n) is 1.35. The van der Waals surface area contributed by atoms with Crippen molar-refractivity contribution in [2.75, 3.05) is 6.54 Å². The van der Waals surface area contributed by atoms with Crippen LogP contribution in [0.2, 0.25) is 0 Å². The van der Waals surface area contributed by atoms with Crippen LogP contribution >= 0.6 is 12.2 Å². The number of fused-ring (bicyclic) bond motifs is 1. The second-order valence-electron chi connectivity index (χ2n) is 2.68. The summed E-state index contributed by atoms with van der Waals surface area (Å²) in [5, 5.41) is 3.25. The fraction of sp³-hybridized carbons (Fsp3) is 0.222. The molecule has 0 amide bonds. The molecule has 0 spiro atoms. The van der Waals surface area contributed by atoms with Crippen LogP contribution in [-0.4, -0.2) is 11.4 Å². The van der Waals surface area contributed by atoms with E-state index in [1.807, 2.05) is 6.07 Å². The van der Waals surface area contributed by atoms with Gasteiger partial charge in [-0.2, -0.15) is 0 Å². The van der Waals surface area contributed by atoms with Crippen molar-refractivity contribution in [2.24, 2.45) is 0 Å². The normalized spacial score (nSPS) is 16.2. The van der Waals surface area contributed by atoms with Gasteiger partial charge in [-0.3, -0.25) is 0 Å². The van der Waals surface area contributed by atoms with Gasteiger partial charge in [0.15, 0.2) is 0 Å². The van der Waals surface area contributed by atoms with Gasteiger partial charge in [0.2, 0.25) is 0 Å². The summed E-state index contributed by atoms with van der Waals surface area (Å²) in [6.45, 7) is 1.81. The maximum absolute atomic E-state index is 5.20. The van der Waals surface area contributed by atoms with Gasteiger partial charge in [0, 0.05) is 18.0 Å². The van der Waals surface area contributed by atoms with Crippen LogP contribution in [0, 0.1) is 0 Å². The van der Waals surface area contributed by atoms with Gasteiger partial charge >= 0.3 is 0 Å². The minimum absolute atomic E-state index is 0.854. The Morgan fingerprint density at radius 1 is 1.18 bits per heavy atom. The second-order valence-corrected chi connectivity index (χ2v) is 3.18. The van der Waals surface area contributed by atoms with Gasteiger partial charge in [-0.1, -0.05) is 36.5 Å². The van der Waals surface area contributed by atoms with Gasteiger partial charge in [-0.25, -0.2) is 0 Å². The fourth-order valence-corrected chi connectivity index (χ4v) is 1.65. The minimum Gasteiger partial charge on any atom is -0.308 e. The number of hydrogen-bond donors (Lipinski definition) is 1. The van der Waals surface area contributed by atoms with Crippen molar-refractivity contribution in [2.45, 2.75) is 6.54 Å². The van der Waals surface area contributed by atoms with Crippen LogP contribution in [0.4, 0.5) is 0 Å². The zero-order valence-corrected chi connectivity index (χ0v) is 6.95. The molecule has 1 N–H and O–H groups in total. The number of hydrogen-bond acceptors (Lipinski definition) is 2. The summed E-state index contributed by atoms with van der Waals surface area (Å²) in [5.41, 5.74) is 2.57. The number of nitrogens with one attached hydrogen (secondary N) is 1. The van der Waals surface area contributed by atoms with Crippen molar-refractivity contribution in [1.82, 2.24) is 5.32 Å². The van der Waals surface area contributed by atoms with Crippen LogP contribution < -0.4 is 5.32 Å². The highest BCUT2D eigenvalue weighted by molar-refractivity contribution is 7.81. The van der Waals surface area contributed by atoms with E-state index in [4.69, 9.17) is 12.2 Å². The SMILES string of the molecule is S=C1CNCc2ccccc21. The standard InChI is InChI=1S/C9H9NS/c11-9-6-10-5-7-3-1-2-4-8(7)9/h1-4,10H,5-6H2. The molecule has 0 saturated carbocycles. The molecular formula is C9H9NS. The van der Waals surface area contributed by atoms with Crippen molar-refractivity contribution in [1.29, 1.82) is 0 Å². The lowest BCUT2D eigenvalue weighted by atomic mass is 10.0. The van der Waals surface area contributed by atoms with Crippen molar-refractivity contribution in [3.05, 3.63) is 35.4 Å². The molecule has 0 unspecified atom stereocenters. The number of thiocarbonyl (C=S) groups is 1. The van der Waals surface area contributed by atoms with Crippen molar-refractivity contribution < 1.29 is 0 Å². The molecule has 0 atom stereocenters. The van der Waals surface area contributed by atoms with Gasteiger partial charge in [0.1, 0.15) is 0 Å². The molecule has 11 heavy (non-hydrogen) atoms. The summed E-state index contributed by atoms with van der Waals surface area (Å²) in [4.78, 5) is 1.03. The monoisotopic (exact) mass is 163 g/mol. The van der Waals surface area contributed by atoms with E-state index in [0.717, 1.165) is 18.0 Å². The first-order chi connectivity index (χ1) is 5.38. The molecule has 1 aromatic carbocycles. The Labute approximate surface area is 71.4 Å². The Kier molecular flexibility index (Phi) is 1.72. The Morgan fingerprint density at radius 3 is 2.82 bits per heavy atom. The number of benzene rings is 1. The van der Waals surface area contributed by atoms with Gasteiger partial charge in [-0.05, 0) is 11.1 Å². The quantitative estimate of drug-likeness (QED) is 0.582. The zero-order valence-electron chi connectivity index (χ0n) is 6.13. The molecular weight excluding hydrogens is 154 g/mol. The maximum Gasteiger partial charge on any atom is 0.0366 e. The molecule has 1 aliphatic heterocycles. The lowest BCUT2D eigenvalue weighted by Crippen LogP contribution is -2.28. The first kappa shape index (κ1) is 6.95. The van der Waals surface area contributed by atoms with Gasteiger partial charge in [0.25, 0.3) is 0 Å². The van der Waals surface area contributed by atoms with Crippen LogP contribution in [0.25, 0.3) is 0 Å². The van der Waals surface area contributed by atoms with E-state index in [9.17, 15) is 0 Å². The van der Waals surface area contributed by atoms with E-state index in [-0.39, 0.29) is 0 Å². The van der Waals surface area contributed by atoms with Crippen molar-refractivity contribution in [3.63, 3.8) is 0 Å². The van der Waals surface area contributed by atoms with Crippen LogP contribution in [-0.2, 0) is 6.54 Å². The highest BCUT2D eigenvalue weighted by Crippen LogP contribution is 2.13. The topological polar surface area (TPSA) is 12.0 Å². The third-order valence-electron chi connectivity index (χ3n) is 1.92. The van der Waals surface area contributed by atoms with E-state index < -0.39 is 0 Å². The van der Waals surface area contributed by atoms with Crippen LogP contribution in [0.5, 0.6) is 0 Å². The molecule has 0 saturated heterocycles. The highest BCUT2D eigenvalue weighted by atomic mass is 32.1. The van der Waals surface area contributed by atoms with Crippen LogP contribution in [0.15, 0.2) is 24.3 Å². The maximum atomic E-state index is 5.20. The molecule has 1 aromatic rings. The van der Waals surface area contributed by atoms with E-state index in [0.29, 0.717) is 0 Å². The van der Waals surface area contributed by atoms with E-state index in [1.165, 1.54) is 11.1 Å². The van der Waals surface area contributed by atoms with Gasteiger partial charge in [0.05, 0.1) is 0 Å². The Bertz CT molecular complexity index is 293. The molecule has 0 bridgehead atoms. The summed E-state index contributed by atoms with van der Waals surface area (Å²) in [6, 6.07) is 8.30. The average molecular weight is 163 g/mol. The first-order valence-corrected chi connectivity index (χ1v) is 4.10. The lowest BCUT2D eigenvalue weighted by Gasteiger charge is -2.17. The van der Waals surface area contributed by atoms with Crippen LogP contribution in [0.3, 0.4) is 0 Å². The molecule has 0 aliphatic carbocycles. The predicted octanol–water partition coefficient (Wildman–Crippen LogP) is 1.51. The zero-order chi connectivity index (χ0) is 7.68. The second kappa shape index (κ2) is 2.72. The summed E-state index contributed by atoms with van der Waals surface area (Å²) < 4.78 is 0. The molecule has 0 fully saturated rings. The van der Waals surface area contributed by atoms with E-state index in [2.05, 4.69) is 23.5 Å². The lowest BCUT2D eigenvalue weighted by molar-refractivity contribution is 0.762. The Hall–Kier alpha value is -0.730. The van der Waals surface area contributed by atoms with Gasteiger partial charge in [-0.15, -0.1) is 0 Å². The Balaban J connectivity index is 2.52. The summed E-state index contributed by atoms with van der Waals surface area (Å²) in [7, 11) is 0. The minimum atomic E-state index is 0.854. The summed E-state index contributed by atoms with van der Waals surface area (Å²) in [6.07, 6.45) is 0. The molecule has 1 aliphatic rings. The van der Waals surface area contributed by atoms with Gasteiger partial charge < -0.3 is 5.32 Å². The molecule has 0 aromatic heterocycles. The third-order valence-corrected chi connectivity index (χ3v) is 2.28. The third kappa shape index (κ3) is 1.19. The molecule has 2 rings (SSSR count). The average Bonchev–Trinajstić information content (AvgIpc) is 2.06. The summed E-state index contributed by atoms with van der Waals surface area (Å²) >= 11 is 5.20. The molecule has 0 radical (unpaired) electrons. The highest BCUT2D eigenvalue weighted by Gasteiger charge is 2.10. The Morgan fingerprint density at radius 2 is 2.00 bits per heavy atom. The largest absolute Gasteiger partial charge is 0.308 e. The molecule has 56 valence electrons. The van der Waals surface area contributed by atoms with Crippen LogP contribution in [0.1, 0.15) is 11.1 Å².